The van der Waals surface area contributed by atoms with Gasteiger partial charge in [0.2, 0.25) is 0 Å². The second kappa shape index (κ2) is 5.98. The molecule has 0 atom stereocenters. The van der Waals surface area contributed by atoms with Crippen molar-refractivity contribution in [2.45, 2.75) is 20.1 Å². The zero-order valence-electron chi connectivity index (χ0n) is 10.2. The second-order valence-electron chi connectivity index (χ2n) is 4.05. The molecule has 0 spiro atoms. The van der Waals surface area contributed by atoms with E-state index in [1.807, 2.05) is 37.3 Å². The molecule has 0 saturated heterocycles. The summed E-state index contributed by atoms with van der Waals surface area (Å²) in [5, 5.41) is 0. The van der Waals surface area contributed by atoms with Crippen molar-refractivity contribution in [2.24, 2.45) is 5.73 Å². The van der Waals surface area contributed by atoms with E-state index in [4.69, 9.17) is 10.5 Å². The van der Waals surface area contributed by atoms with Crippen molar-refractivity contribution in [1.82, 2.24) is 4.98 Å². The maximum atomic E-state index is 5.80. The lowest BCUT2D eigenvalue weighted by Gasteiger charge is -2.11. The molecule has 0 unspecified atom stereocenters. The molecule has 2 aromatic rings. The zero-order valence-corrected chi connectivity index (χ0v) is 11.8. The standard InChI is InChI=1S/C14H15BrN2O/c1-10-6-14(12(7-16)8-17-10)18-9-11-2-4-13(15)5-3-11/h2-6,8H,7,9,16H2,1H3. The summed E-state index contributed by atoms with van der Waals surface area (Å²) in [5.74, 6) is 0.813. The van der Waals surface area contributed by atoms with Crippen LogP contribution in [-0.2, 0) is 13.2 Å². The van der Waals surface area contributed by atoms with E-state index < -0.39 is 0 Å². The molecule has 1 heterocycles. The van der Waals surface area contributed by atoms with Crippen molar-refractivity contribution in [3.8, 4) is 5.75 Å². The van der Waals surface area contributed by atoms with E-state index in [9.17, 15) is 0 Å². The number of hydrogen-bond donors (Lipinski definition) is 1. The Balaban J connectivity index is 2.09. The summed E-state index contributed by atoms with van der Waals surface area (Å²) in [6.07, 6.45) is 1.77. The van der Waals surface area contributed by atoms with Gasteiger partial charge >= 0.3 is 0 Å². The molecule has 4 heteroatoms. The van der Waals surface area contributed by atoms with Crippen LogP contribution in [0.1, 0.15) is 16.8 Å². The number of hydrogen-bond acceptors (Lipinski definition) is 3. The first kappa shape index (κ1) is 13.1. The Bertz CT molecular complexity index is 526. The SMILES string of the molecule is Cc1cc(OCc2ccc(Br)cc2)c(CN)cn1. The molecular weight excluding hydrogens is 292 g/mol. The van der Waals surface area contributed by atoms with Gasteiger partial charge in [-0.25, -0.2) is 0 Å². The Labute approximate surface area is 115 Å². The summed E-state index contributed by atoms with van der Waals surface area (Å²) in [7, 11) is 0. The number of aryl methyl sites for hydroxylation is 1. The van der Waals surface area contributed by atoms with Crippen molar-refractivity contribution >= 4 is 15.9 Å². The van der Waals surface area contributed by atoms with E-state index >= 15 is 0 Å². The summed E-state index contributed by atoms with van der Waals surface area (Å²) in [4.78, 5) is 4.21. The van der Waals surface area contributed by atoms with Crippen LogP contribution >= 0.6 is 15.9 Å². The Morgan fingerprint density at radius 2 is 2.00 bits per heavy atom. The Kier molecular flexibility index (Phi) is 4.33. The van der Waals surface area contributed by atoms with Gasteiger partial charge in [-0.3, -0.25) is 4.98 Å². The van der Waals surface area contributed by atoms with Crippen LogP contribution in [0.2, 0.25) is 0 Å². The maximum Gasteiger partial charge on any atom is 0.127 e. The average Bonchev–Trinajstić information content (AvgIpc) is 2.38. The van der Waals surface area contributed by atoms with Crippen molar-refractivity contribution < 1.29 is 4.74 Å². The maximum absolute atomic E-state index is 5.80. The summed E-state index contributed by atoms with van der Waals surface area (Å²) in [6.45, 7) is 2.90. The monoisotopic (exact) mass is 306 g/mol. The molecule has 1 aromatic carbocycles. The minimum atomic E-state index is 0.433. The molecule has 2 rings (SSSR count). The molecule has 0 aliphatic carbocycles. The Morgan fingerprint density at radius 1 is 1.28 bits per heavy atom. The number of nitrogens with two attached hydrogens (primary N) is 1. The van der Waals surface area contributed by atoms with Gasteiger partial charge < -0.3 is 10.5 Å². The van der Waals surface area contributed by atoms with E-state index in [1.165, 1.54) is 0 Å². The molecule has 1 aromatic heterocycles. The molecular formula is C14H15BrN2O. The molecule has 0 amide bonds. The second-order valence-corrected chi connectivity index (χ2v) is 4.97. The highest BCUT2D eigenvalue weighted by Gasteiger charge is 2.04. The average molecular weight is 307 g/mol. The quantitative estimate of drug-likeness (QED) is 0.943. The van der Waals surface area contributed by atoms with E-state index in [-0.39, 0.29) is 0 Å². The fraction of sp³-hybridized carbons (Fsp3) is 0.214. The van der Waals surface area contributed by atoms with Crippen LogP contribution in [0.25, 0.3) is 0 Å². The Hall–Kier alpha value is -1.39. The van der Waals surface area contributed by atoms with E-state index in [0.29, 0.717) is 13.2 Å². The van der Waals surface area contributed by atoms with Crippen LogP contribution in [0.4, 0.5) is 0 Å². The van der Waals surface area contributed by atoms with Gasteiger partial charge in [-0.15, -0.1) is 0 Å². The van der Waals surface area contributed by atoms with Crippen LogP contribution < -0.4 is 10.5 Å². The smallest absolute Gasteiger partial charge is 0.127 e. The minimum Gasteiger partial charge on any atom is -0.488 e. The van der Waals surface area contributed by atoms with Gasteiger partial charge in [0.25, 0.3) is 0 Å². The number of pyridine rings is 1. The molecule has 3 nitrogen and oxygen atoms in total. The summed E-state index contributed by atoms with van der Waals surface area (Å²) in [6, 6.07) is 9.97. The van der Waals surface area contributed by atoms with Crippen LogP contribution in [0.15, 0.2) is 41.0 Å². The lowest BCUT2D eigenvalue weighted by atomic mass is 10.2. The van der Waals surface area contributed by atoms with Gasteiger partial charge in [0.1, 0.15) is 12.4 Å². The number of rotatable bonds is 4. The molecule has 0 bridgehead atoms. The highest BCUT2D eigenvalue weighted by Crippen LogP contribution is 2.20. The minimum absolute atomic E-state index is 0.433. The van der Waals surface area contributed by atoms with Crippen LogP contribution in [0, 0.1) is 6.92 Å². The number of halogens is 1. The van der Waals surface area contributed by atoms with Gasteiger partial charge in [0, 0.05) is 34.5 Å². The van der Waals surface area contributed by atoms with Crippen molar-refractivity contribution in [2.75, 3.05) is 0 Å². The third-order valence-electron chi connectivity index (χ3n) is 2.61. The highest BCUT2D eigenvalue weighted by atomic mass is 79.9. The summed E-state index contributed by atoms with van der Waals surface area (Å²) >= 11 is 3.41. The van der Waals surface area contributed by atoms with E-state index in [2.05, 4.69) is 20.9 Å². The van der Waals surface area contributed by atoms with Gasteiger partial charge in [0.15, 0.2) is 0 Å². The molecule has 0 aliphatic rings. The van der Waals surface area contributed by atoms with Gasteiger partial charge in [-0.05, 0) is 24.6 Å². The first-order valence-electron chi connectivity index (χ1n) is 5.72. The molecule has 0 saturated carbocycles. The molecule has 0 aliphatic heterocycles. The Morgan fingerprint density at radius 3 is 2.67 bits per heavy atom. The number of ether oxygens (including phenoxy) is 1. The van der Waals surface area contributed by atoms with Gasteiger partial charge in [-0.1, -0.05) is 28.1 Å². The van der Waals surface area contributed by atoms with Crippen molar-refractivity contribution in [1.29, 1.82) is 0 Å². The number of benzene rings is 1. The zero-order chi connectivity index (χ0) is 13.0. The van der Waals surface area contributed by atoms with Gasteiger partial charge in [-0.2, -0.15) is 0 Å². The van der Waals surface area contributed by atoms with Crippen LogP contribution in [0.3, 0.4) is 0 Å². The van der Waals surface area contributed by atoms with E-state index in [0.717, 1.165) is 27.0 Å². The molecule has 18 heavy (non-hydrogen) atoms. The number of nitrogens with zero attached hydrogens (tertiary/aromatic N) is 1. The lowest BCUT2D eigenvalue weighted by molar-refractivity contribution is 0.302. The first-order chi connectivity index (χ1) is 8.69. The van der Waals surface area contributed by atoms with Crippen LogP contribution in [0.5, 0.6) is 5.75 Å². The molecule has 0 radical (unpaired) electrons. The predicted octanol–water partition coefficient (Wildman–Crippen LogP) is 3.19. The molecule has 94 valence electrons. The lowest BCUT2D eigenvalue weighted by Crippen LogP contribution is -2.04. The van der Waals surface area contributed by atoms with Crippen LogP contribution in [-0.4, -0.2) is 4.98 Å². The normalized spacial score (nSPS) is 10.4. The van der Waals surface area contributed by atoms with Crippen molar-refractivity contribution in [3.05, 3.63) is 57.8 Å². The first-order valence-corrected chi connectivity index (χ1v) is 6.51. The fourth-order valence-corrected chi connectivity index (χ4v) is 1.86. The third kappa shape index (κ3) is 3.31. The number of aromatic nitrogens is 1. The molecule has 2 N–H and O–H groups in total. The largest absolute Gasteiger partial charge is 0.488 e. The van der Waals surface area contributed by atoms with Crippen molar-refractivity contribution in [3.63, 3.8) is 0 Å². The predicted molar refractivity (Wildman–Crippen MR) is 75.3 cm³/mol. The van der Waals surface area contributed by atoms with E-state index in [1.54, 1.807) is 6.20 Å². The van der Waals surface area contributed by atoms with Gasteiger partial charge in [0.05, 0.1) is 0 Å². The summed E-state index contributed by atoms with van der Waals surface area (Å²) in [5.41, 5.74) is 8.64. The highest BCUT2D eigenvalue weighted by molar-refractivity contribution is 9.10. The third-order valence-corrected chi connectivity index (χ3v) is 3.14. The topological polar surface area (TPSA) is 48.1 Å². The molecule has 0 fully saturated rings. The summed E-state index contributed by atoms with van der Waals surface area (Å²) < 4.78 is 6.86. The fourth-order valence-electron chi connectivity index (χ4n) is 1.59.